The van der Waals surface area contributed by atoms with E-state index in [1.54, 1.807) is 0 Å². The van der Waals surface area contributed by atoms with E-state index in [4.69, 9.17) is 34.8 Å². The van der Waals surface area contributed by atoms with Gasteiger partial charge in [0.1, 0.15) is 17.1 Å². The van der Waals surface area contributed by atoms with E-state index in [2.05, 4.69) is 4.72 Å². The molecule has 2 heterocycles. The van der Waals surface area contributed by atoms with E-state index in [0.29, 0.717) is 4.90 Å². The molecule has 2 aliphatic rings. The van der Waals surface area contributed by atoms with Gasteiger partial charge in [0.15, 0.2) is 0 Å². The van der Waals surface area contributed by atoms with Gasteiger partial charge >= 0.3 is 6.03 Å². The van der Waals surface area contributed by atoms with Crippen molar-refractivity contribution in [2.24, 2.45) is 0 Å². The van der Waals surface area contributed by atoms with Crippen molar-refractivity contribution in [3.05, 3.63) is 23.0 Å². The number of benzene rings is 1. The minimum Gasteiger partial charge on any atom is -0.310 e. The molecule has 2 atom stereocenters. The summed E-state index contributed by atoms with van der Waals surface area (Å²) in [6.07, 6.45) is 0.267. The molecule has 3 amide bonds. The summed E-state index contributed by atoms with van der Waals surface area (Å²) in [4.78, 5) is 26.8. The number of amides is 3. The molecule has 1 aromatic carbocycles. The Balaban J connectivity index is 0.00000243. The second kappa shape index (κ2) is 7.98. The molecule has 0 saturated carbocycles. The molecular weight excluding hydrogens is 443 g/mol. The molecule has 2 fully saturated rings. The maximum Gasteiger partial charge on any atom is 0.332 e. The van der Waals surface area contributed by atoms with Gasteiger partial charge < -0.3 is 4.90 Å². The quantitative estimate of drug-likeness (QED) is 0.430. The molecule has 0 aliphatic carbocycles. The van der Waals surface area contributed by atoms with E-state index in [1.165, 1.54) is 4.90 Å². The van der Waals surface area contributed by atoms with Gasteiger partial charge in [-0.25, -0.2) is 22.5 Å². The van der Waals surface area contributed by atoms with Crippen LogP contribution in [-0.4, -0.2) is 78.0 Å². The fraction of sp³-hybridized carbons (Fsp3) is 0.385. The van der Waals surface area contributed by atoms with Gasteiger partial charge in [0, 0.05) is 36.1 Å². The first-order valence-corrected chi connectivity index (χ1v) is 9.99. The number of nitrogens with zero attached hydrogens (tertiary/aromatic N) is 2. The Morgan fingerprint density at radius 1 is 1.31 bits per heavy atom. The Labute approximate surface area is 186 Å². The zero-order valence-electron chi connectivity index (χ0n) is 13.4. The fourth-order valence-corrected chi connectivity index (χ4v) is 4.10. The number of alkyl halides is 2. The van der Waals surface area contributed by atoms with E-state index in [9.17, 15) is 22.4 Å². The zero-order valence-corrected chi connectivity index (χ0v) is 18.5. The molecule has 137 valence electrons. The topological polar surface area (TPSA) is 86.8 Å². The Morgan fingerprint density at radius 3 is 2.54 bits per heavy atom. The van der Waals surface area contributed by atoms with E-state index in [0.717, 1.165) is 12.1 Å². The molecule has 13 heteroatoms. The summed E-state index contributed by atoms with van der Waals surface area (Å²) in [6, 6.07) is 0.327. The van der Waals surface area contributed by atoms with Gasteiger partial charge in [-0.2, -0.15) is 0 Å². The van der Waals surface area contributed by atoms with Crippen molar-refractivity contribution < 1.29 is 22.4 Å². The molecule has 1 aromatic rings. The first kappa shape index (κ1) is 22.0. The molecular formula is C13H11Cl3FN3NaO4S. The number of carbonyl (C=O) groups excluding carboxylic acids is 2. The van der Waals surface area contributed by atoms with Gasteiger partial charge in [0.05, 0.1) is 21.8 Å². The summed E-state index contributed by atoms with van der Waals surface area (Å²) in [5.74, 6) is -1.57. The van der Waals surface area contributed by atoms with Gasteiger partial charge in [-0.05, 0) is 18.6 Å². The van der Waals surface area contributed by atoms with Crippen molar-refractivity contribution in [3.63, 3.8) is 0 Å². The molecule has 1 N–H and O–H groups in total. The Hall–Kier alpha value is -0.290. The van der Waals surface area contributed by atoms with Crippen molar-refractivity contribution in [2.75, 3.05) is 21.4 Å². The van der Waals surface area contributed by atoms with Crippen LogP contribution in [0.15, 0.2) is 12.1 Å². The fourth-order valence-electron chi connectivity index (χ4n) is 2.81. The number of anilines is 2. The van der Waals surface area contributed by atoms with Gasteiger partial charge in [-0.3, -0.25) is 9.52 Å². The first-order chi connectivity index (χ1) is 11.6. The van der Waals surface area contributed by atoms with E-state index < -0.39 is 44.7 Å². The number of hydrogen-bond acceptors (Lipinski definition) is 4. The third-order valence-corrected chi connectivity index (χ3v) is 6.19. The zero-order chi connectivity index (χ0) is 18.5. The largest absolute Gasteiger partial charge is 0.332 e. The van der Waals surface area contributed by atoms with Gasteiger partial charge in [0.25, 0.3) is 5.91 Å². The summed E-state index contributed by atoms with van der Waals surface area (Å²) >= 11 is 17.1. The van der Waals surface area contributed by atoms with Gasteiger partial charge in [-0.15, -0.1) is 23.2 Å². The number of hydrogen-bond donors (Lipinski definition) is 1. The van der Waals surface area contributed by atoms with Crippen LogP contribution in [0.3, 0.4) is 0 Å². The minimum atomic E-state index is -3.91. The normalized spacial score (nSPS) is 22.5. The molecule has 2 saturated heterocycles. The number of urea groups is 1. The number of sulfonamides is 1. The number of halogens is 4. The third-order valence-electron chi connectivity index (χ3n) is 3.88. The number of fused-ring (bicyclic) bond motifs is 1. The summed E-state index contributed by atoms with van der Waals surface area (Å²) in [5.41, 5.74) is -0.589. The number of rotatable bonds is 4. The Bertz CT molecular complexity index is 848. The van der Waals surface area contributed by atoms with Crippen LogP contribution in [-0.2, 0) is 14.8 Å². The van der Waals surface area contributed by atoms with Gasteiger partial charge in [0.2, 0.25) is 10.0 Å². The maximum absolute atomic E-state index is 14.3. The third kappa shape index (κ3) is 3.94. The van der Waals surface area contributed by atoms with Crippen LogP contribution in [0.2, 0.25) is 5.02 Å². The maximum atomic E-state index is 14.3. The molecule has 0 spiro atoms. The van der Waals surface area contributed by atoms with Crippen molar-refractivity contribution in [3.8, 4) is 0 Å². The van der Waals surface area contributed by atoms with Crippen LogP contribution in [0, 0.1) is 5.82 Å². The van der Waals surface area contributed by atoms with E-state index >= 15 is 0 Å². The molecule has 3 rings (SSSR count). The van der Waals surface area contributed by atoms with Crippen LogP contribution in [0.4, 0.5) is 20.6 Å². The second-order valence-electron chi connectivity index (χ2n) is 5.57. The Kier molecular flexibility index (Phi) is 6.76. The van der Waals surface area contributed by atoms with Crippen LogP contribution in [0.1, 0.15) is 6.42 Å². The average molecular weight is 454 g/mol. The van der Waals surface area contributed by atoms with Crippen LogP contribution >= 0.6 is 34.8 Å². The monoisotopic (exact) mass is 452 g/mol. The smallest absolute Gasteiger partial charge is 0.310 e. The van der Waals surface area contributed by atoms with Crippen LogP contribution < -0.4 is 9.62 Å². The number of imide groups is 1. The Morgan fingerprint density at radius 2 is 1.96 bits per heavy atom. The summed E-state index contributed by atoms with van der Waals surface area (Å²) < 4.78 is 39.6. The molecule has 0 unspecified atom stereocenters. The van der Waals surface area contributed by atoms with Crippen molar-refractivity contribution in [1.29, 1.82) is 0 Å². The molecule has 2 aliphatic heterocycles. The average Bonchev–Trinajstić information content (AvgIpc) is 3.01. The molecule has 0 aromatic heterocycles. The molecule has 26 heavy (non-hydrogen) atoms. The predicted octanol–water partition coefficient (Wildman–Crippen LogP) is 2.18. The minimum absolute atomic E-state index is 0. The van der Waals surface area contributed by atoms with E-state index in [-0.39, 0.29) is 58.6 Å². The SMILES string of the molecule is O=C1[C@@H]2C[C@H](Cl)CN2C(=O)N1c1cc(NS(=O)(=O)CCl)c(Cl)cc1F.[Na]. The molecule has 7 nitrogen and oxygen atoms in total. The first-order valence-electron chi connectivity index (χ1n) is 6.98. The standard InChI is InChI=1S/C13H11Cl3FN3O4S.Na/c14-5-25(23,24)18-9-3-10(8(17)2-7(9)16)20-12(21)11-1-6(15)4-19(11)13(20)22;/h2-3,6,11,18H,1,4-5H2;/t6-,11-;/m0./s1. The van der Waals surface area contributed by atoms with Crippen molar-refractivity contribution in [1.82, 2.24) is 4.90 Å². The van der Waals surface area contributed by atoms with E-state index in [1.807, 2.05) is 0 Å². The van der Waals surface area contributed by atoms with Crippen molar-refractivity contribution in [2.45, 2.75) is 17.8 Å². The second-order valence-corrected chi connectivity index (χ2v) is 8.90. The summed E-state index contributed by atoms with van der Waals surface area (Å²) in [6.45, 7) is 0.175. The van der Waals surface area contributed by atoms with Gasteiger partial charge in [-0.1, -0.05) is 11.6 Å². The van der Waals surface area contributed by atoms with Crippen LogP contribution in [0.25, 0.3) is 0 Å². The summed E-state index contributed by atoms with van der Waals surface area (Å²) in [5, 5.41) is -1.33. The number of nitrogens with one attached hydrogen (secondary N) is 1. The molecule has 0 bridgehead atoms. The predicted molar refractivity (Wildman–Crippen MR) is 98.1 cm³/mol. The van der Waals surface area contributed by atoms with Crippen molar-refractivity contribution >= 4 is 97.7 Å². The summed E-state index contributed by atoms with van der Waals surface area (Å²) in [7, 11) is -3.91. The van der Waals surface area contributed by atoms with Crippen LogP contribution in [0.5, 0.6) is 0 Å². The molecule has 1 radical (unpaired) electrons. The number of carbonyl (C=O) groups is 2.